The van der Waals surface area contributed by atoms with E-state index in [0.717, 1.165) is 22.4 Å². The molecule has 3 rings (SSSR count). The number of aromatic nitrogens is 2. The van der Waals surface area contributed by atoms with E-state index in [1.54, 1.807) is 10.9 Å². The third-order valence-corrected chi connectivity index (χ3v) is 3.35. The van der Waals surface area contributed by atoms with Crippen molar-refractivity contribution in [3.8, 4) is 22.7 Å². The number of hydrogen-bond donors (Lipinski definition) is 1. The highest BCUT2D eigenvalue weighted by Crippen LogP contribution is 2.31. The van der Waals surface area contributed by atoms with Gasteiger partial charge in [0.15, 0.2) is 0 Å². The van der Waals surface area contributed by atoms with Crippen LogP contribution in [0.25, 0.3) is 16.8 Å². The first-order chi connectivity index (χ1) is 9.65. The standard InChI is InChI=1S/C17H16N2O/c1-12-6-8-14(9-7-12)16-11-18-19(17(16)20)15-5-3-4-13(2)10-15/h3-11,20H,1-2H3. The molecule has 100 valence electrons. The van der Waals surface area contributed by atoms with E-state index in [2.05, 4.69) is 5.10 Å². The van der Waals surface area contributed by atoms with Gasteiger partial charge in [-0.2, -0.15) is 5.10 Å². The molecule has 1 heterocycles. The first kappa shape index (κ1) is 12.5. The SMILES string of the molecule is Cc1ccc(-c2cnn(-c3cccc(C)c3)c2O)cc1. The maximum Gasteiger partial charge on any atom is 0.222 e. The van der Waals surface area contributed by atoms with E-state index in [0.29, 0.717) is 0 Å². The maximum atomic E-state index is 10.4. The van der Waals surface area contributed by atoms with Crippen molar-refractivity contribution in [1.29, 1.82) is 0 Å². The number of hydrogen-bond acceptors (Lipinski definition) is 2. The molecule has 3 nitrogen and oxygen atoms in total. The predicted octanol–water partition coefficient (Wildman–Crippen LogP) is 3.86. The lowest BCUT2D eigenvalue weighted by molar-refractivity contribution is 0.435. The molecule has 0 unspecified atom stereocenters. The Labute approximate surface area is 118 Å². The number of aromatic hydroxyl groups is 1. The van der Waals surface area contributed by atoms with Gasteiger partial charge in [-0.05, 0) is 37.1 Å². The average molecular weight is 264 g/mol. The molecule has 0 saturated heterocycles. The summed E-state index contributed by atoms with van der Waals surface area (Å²) in [6.45, 7) is 4.06. The van der Waals surface area contributed by atoms with E-state index in [4.69, 9.17) is 0 Å². The van der Waals surface area contributed by atoms with E-state index in [-0.39, 0.29) is 5.88 Å². The normalized spacial score (nSPS) is 10.7. The fourth-order valence-electron chi connectivity index (χ4n) is 2.23. The van der Waals surface area contributed by atoms with Crippen molar-refractivity contribution in [3.05, 3.63) is 65.9 Å². The number of rotatable bonds is 2. The minimum absolute atomic E-state index is 0.166. The quantitative estimate of drug-likeness (QED) is 0.763. The zero-order valence-electron chi connectivity index (χ0n) is 11.5. The molecule has 3 aromatic rings. The Balaban J connectivity index is 2.07. The molecule has 0 bridgehead atoms. The summed E-state index contributed by atoms with van der Waals surface area (Å²) in [5, 5.41) is 14.7. The lowest BCUT2D eigenvalue weighted by Crippen LogP contribution is -1.95. The van der Waals surface area contributed by atoms with Crippen molar-refractivity contribution in [2.24, 2.45) is 0 Å². The van der Waals surface area contributed by atoms with Crippen LogP contribution >= 0.6 is 0 Å². The summed E-state index contributed by atoms with van der Waals surface area (Å²) in [5.74, 6) is 0.166. The summed E-state index contributed by atoms with van der Waals surface area (Å²) in [4.78, 5) is 0. The van der Waals surface area contributed by atoms with Crippen LogP contribution < -0.4 is 0 Å². The molecule has 1 N–H and O–H groups in total. The molecule has 0 fully saturated rings. The molecule has 3 heteroatoms. The monoisotopic (exact) mass is 264 g/mol. The summed E-state index contributed by atoms with van der Waals surface area (Å²) < 4.78 is 1.56. The Morgan fingerprint density at radius 2 is 1.70 bits per heavy atom. The first-order valence-corrected chi connectivity index (χ1v) is 6.56. The van der Waals surface area contributed by atoms with Crippen LogP contribution in [0.15, 0.2) is 54.7 Å². The number of nitrogens with zero attached hydrogens (tertiary/aromatic N) is 2. The van der Waals surface area contributed by atoms with Crippen molar-refractivity contribution in [2.75, 3.05) is 0 Å². The van der Waals surface area contributed by atoms with Crippen LogP contribution in [0.4, 0.5) is 0 Å². The Morgan fingerprint density at radius 1 is 0.950 bits per heavy atom. The van der Waals surface area contributed by atoms with Crippen LogP contribution in [0.3, 0.4) is 0 Å². The molecular formula is C17H16N2O. The lowest BCUT2D eigenvalue weighted by Gasteiger charge is -2.05. The van der Waals surface area contributed by atoms with Crippen molar-refractivity contribution in [3.63, 3.8) is 0 Å². The molecule has 0 saturated carbocycles. The second-order valence-corrected chi connectivity index (χ2v) is 5.00. The van der Waals surface area contributed by atoms with E-state index in [1.807, 2.05) is 62.4 Å². The van der Waals surface area contributed by atoms with Gasteiger partial charge < -0.3 is 5.11 Å². The predicted molar refractivity (Wildman–Crippen MR) is 80.1 cm³/mol. The van der Waals surface area contributed by atoms with E-state index in [1.165, 1.54) is 5.56 Å². The molecule has 2 aromatic carbocycles. The van der Waals surface area contributed by atoms with Crippen molar-refractivity contribution in [2.45, 2.75) is 13.8 Å². The third-order valence-electron chi connectivity index (χ3n) is 3.35. The molecule has 1 aromatic heterocycles. The number of aryl methyl sites for hydroxylation is 2. The van der Waals surface area contributed by atoms with Gasteiger partial charge in [-0.15, -0.1) is 0 Å². The molecule has 0 amide bonds. The van der Waals surface area contributed by atoms with E-state index < -0.39 is 0 Å². The van der Waals surface area contributed by atoms with Gasteiger partial charge >= 0.3 is 0 Å². The van der Waals surface area contributed by atoms with Gasteiger partial charge in [0.25, 0.3) is 0 Å². The van der Waals surface area contributed by atoms with Crippen molar-refractivity contribution >= 4 is 0 Å². The Hall–Kier alpha value is -2.55. The highest BCUT2D eigenvalue weighted by molar-refractivity contribution is 5.69. The molecule has 0 spiro atoms. The summed E-state index contributed by atoms with van der Waals surface area (Å²) in [7, 11) is 0. The molecule has 0 aliphatic heterocycles. The average Bonchev–Trinajstić information content (AvgIpc) is 2.82. The third kappa shape index (κ3) is 2.18. The Bertz CT molecular complexity index is 742. The largest absolute Gasteiger partial charge is 0.493 e. The van der Waals surface area contributed by atoms with Gasteiger partial charge in [-0.1, -0.05) is 42.0 Å². The fraction of sp³-hybridized carbons (Fsp3) is 0.118. The van der Waals surface area contributed by atoms with Gasteiger partial charge in [-0.25, -0.2) is 4.68 Å². The van der Waals surface area contributed by atoms with Crippen LogP contribution in [-0.4, -0.2) is 14.9 Å². The van der Waals surface area contributed by atoms with Crippen LogP contribution in [0.5, 0.6) is 5.88 Å². The summed E-state index contributed by atoms with van der Waals surface area (Å²) in [6, 6.07) is 15.9. The molecule has 20 heavy (non-hydrogen) atoms. The summed E-state index contributed by atoms with van der Waals surface area (Å²) in [6.07, 6.45) is 1.70. The summed E-state index contributed by atoms with van der Waals surface area (Å²) in [5.41, 5.74) is 4.90. The molecule has 0 atom stereocenters. The zero-order valence-corrected chi connectivity index (χ0v) is 11.5. The van der Waals surface area contributed by atoms with Gasteiger partial charge in [0, 0.05) is 0 Å². The van der Waals surface area contributed by atoms with Gasteiger partial charge in [0.1, 0.15) is 0 Å². The van der Waals surface area contributed by atoms with E-state index >= 15 is 0 Å². The van der Waals surface area contributed by atoms with Gasteiger partial charge in [-0.3, -0.25) is 0 Å². The van der Waals surface area contributed by atoms with Crippen LogP contribution in [0.2, 0.25) is 0 Å². The summed E-state index contributed by atoms with van der Waals surface area (Å²) >= 11 is 0. The maximum absolute atomic E-state index is 10.4. The topological polar surface area (TPSA) is 38.0 Å². The minimum Gasteiger partial charge on any atom is -0.493 e. The highest BCUT2D eigenvalue weighted by Gasteiger charge is 2.12. The lowest BCUT2D eigenvalue weighted by atomic mass is 10.1. The molecule has 0 aliphatic carbocycles. The Kier molecular flexibility index (Phi) is 3.03. The molecular weight excluding hydrogens is 248 g/mol. The van der Waals surface area contributed by atoms with Crippen LogP contribution in [-0.2, 0) is 0 Å². The fourth-order valence-corrected chi connectivity index (χ4v) is 2.23. The molecule has 0 radical (unpaired) electrons. The second kappa shape index (κ2) is 4.85. The van der Waals surface area contributed by atoms with Crippen LogP contribution in [0, 0.1) is 13.8 Å². The highest BCUT2D eigenvalue weighted by atomic mass is 16.3. The molecule has 0 aliphatic rings. The number of benzene rings is 2. The smallest absolute Gasteiger partial charge is 0.222 e. The Morgan fingerprint density at radius 3 is 2.40 bits per heavy atom. The van der Waals surface area contributed by atoms with E-state index in [9.17, 15) is 5.11 Å². The van der Waals surface area contributed by atoms with Crippen molar-refractivity contribution in [1.82, 2.24) is 9.78 Å². The van der Waals surface area contributed by atoms with Crippen LogP contribution in [0.1, 0.15) is 11.1 Å². The van der Waals surface area contributed by atoms with Gasteiger partial charge in [0.2, 0.25) is 5.88 Å². The zero-order chi connectivity index (χ0) is 14.1. The van der Waals surface area contributed by atoms with Gasteiger partial charge in [0.05, 0.1) is 17.4 Å². The minimum atomic E-state index is 0.166. The second-order valence-electron chi connectivity index (χ2n) is 5.00. The van der Waals surface area contributed by atoms with Crippen molar-refractivity contribution < 1.29 is 5.11 Å². The first-order valence-electron chi connectivity index (χ1n) is 6.56.